The molecule has 1 aromatic carbocycles. The fraction of sp³-hybridized carbons (Fsp3) is 0.261. The number of carbonyl (C=O) groups excluding carboxylic acids is 2. The van der Waals surface area contributed by atoms with Crippen LogP contribution in [0.1, 0.15) is 35.6 Å². The summed E-state index contributed by atoms with van der Waals surface area (Å²) >= 11 is 0. The number of para-hydroxylation sites is 1. The minimum absolute atomic E-state index is 0.0131. The van der Waals surface area contributed by atoms with Gasteiger partial charge in [0, 0.05) is 43.5 Å². The molecule has 0 unspecified atom stereocenters. The van der Waals surface area contributed by atoms with E-state index in [0.29, 0.717) is 25.2 Å². The van der Waals surface area contributed by atoms with E-state index in [4.69, 9.17) is 5.73 Å². The maximum atomic E-state index is 12.4. The Bertz CT molecular complexity index is 1010. The largest absolute Gasteiger partial charge is 0.398 e. The van der Waals surface area contributed by atoms with Crippen LogP contribution in [0.4, 0.5) is 11.5 Å². The number of carbonyl (C=O) groups is 2. The molecule has 6 nitrogen and oxygen atoms in total. The number of fused-ring (bicyclic) bond motifs is 1. The van der Waals surface area contributed by atoms with E-state index in [9.17, 15) is 9.59 Å². The van der Waals surface area contributed by atoms with Crippen LogP contribution in [0.15, 0.2) is 42.6 Å². The monoisotopic (exact) mass is 390 g/mol. The van der Waals surface area contributed by atoms with Crippen molar-refractivity contribution in [1.29, 1.82) is 0 Å². The second-order valence-corrected chi connectivity index (χ2v) is 7.30. The summed E-state index contributed by atoms with van der Waals surface area (Å²) in [7, 11) is 1.76. The number of aryl methyl sites for hydroxylation is 2. The van der Waals surface area contributed by atoms with Gasteiger partial charge in [-0.2, -0.15) is 0 Å². The average molecular weight is 390 g/mol. The first kappa shape index (κ1) is 20.3. The summed E-state index contributed by atoms with van der Waals surface area (Å²) < 4.78 is 0. The Morgan fingerprint density at radius 1 is 1.34 bits per heavy atom. The average Bonchev–Trinajstić information content (AvgIpc) is 2.71. The van der Waals surface area contributed by atoms with Gasteiger partial charge in [-0.15, -0.1) is 0 Å². The second-order valence-electron chi connectivity index (χ2n) is 7.30. The van der Waals surface area contributed by atoms with Gasteiger partial charge in [0.05, 0.1) is 0 Å². The number of nitrogens with two attached hydrogens (primary N) is 1. The fourth-order valence-electron chi connectivity index (χ4n) is 3.16. The number of benzene rings is 1. The highest BCUT2D eigenvalue weighted by Crippen LogP contribution is 2.24. The third-order valence-electron chi connectivity index (χ3n) is 5.08. The molecule has 3 N–H and O–H groups in total. The predicted molar refractivity (Wildman–Crippen MR) is 117 cm³/mol. The number of anilines is 2. The van der Waals surface area contributed by atoms with Crippen LogP contribution in [0.3, 0.4) is 0 Å². The fourth-order valence-corrected chi connectivity index (χ4v) is 3.16. The van der Waals surface area contributed by atoms with Crippen molar-refractivity contribution in [2.45, 2.75) is 26.7 Å². The van der Waals surface area contributed by atoms with E-state index in [0.717, 1.165) is 33.5 Å². The van der Waals surface area contributed by atoms with E-state index in [1.165, 1.54) is 6.08 Å². The highest BCUT2D eigenvalue weighted by molar-refractivity contribution is 5.94. The molecule has 2 amide bonds. The molecule has 0 fully saturated rings. The number of hydrogen-bond donors (Lipinski definition) is 2. The van der Waals surface area contributed by atoms with E-state index in [-0.39, 0.29) is 11.8 Å². The number of likely N-dealkylation sites (N-methyl/N-ethyl adjacent to an activating group) is 1. The highest BCUT2D eigenvalue weighted by Gasteiger charge is 2.15. The molecule has 0 saturated carbocycles. The highest BCUT2D eigenvalue weighted by atomic mass is 16.2. The van der Waals surface area contributed by atoms with Crippen molar-refractivity contribution < 1.29 is 9.59 Å². The summed E-state index contributed by atoms with van der Waals surface area (Å²) in [6.45, 7) is 4.46. The molecule has 1 aromatic heterocycles. The van der Waals surface area contributed by atoms with Gasteiger partial charge >= 0.3 is 0 Å². The predicted octanol–water partition coefficient (Wildman–Crippen LogP) is 3.43. The van der Waals surface area contributed by atoms with E-state index in [2.05, 4.69) is 10.3 Å². The van der Waals surface area contributed by atoms with Crippen LogP contribution in [0.2, 0.25) is 0 Å². The van der Waals surface area contributed by atoms with Gasteiger partial charge in [-0.25, -0.2) is 4.98 Å². The van der Waals surface area contributed by atoms with Crippen LogP contribution >= 0.6 is 0 Å². The molecule has 150 valence electrons. The lowest BCUT2D eigenvalue weighted by atomic mass is 10.0. The molecule has 1 aliphatic rings. The molecule has 1 aliphatic heterocycles. The normalized spacial score (nSPS) is 13.9. The van der Waals surface area contributed by atoms with Crippen LogP contribution in [0, 0.1) is 6.92 Å². The van der Waals surface area contributed by atoms with Gasteiger partial charge in [0.15, 0.2) is 0 Å². The van der Waals surface area contributed by atoms with Gasteiger partial charge < -0.3 is 16.0 Å². The Kier molecular flexibility index (Phi) is 6.12. The van der Waals surface area contributed by atoms with Gasteiger partial charge in [-0.3, -0.25) is 9.59 Å². The first-order valence-electron chi connectivity index (χ1n) is 9.59. The first-order valence-corrected chi connectivity index (χ1v) is 9.59. The molecular formula is C23H26N4O2. The van der Waals surface area contributed by atoms with Crippen LogP contribution in [-0.2, 0) is 16.0 Å². The summed E-state index contributed by atoms with van der Waals surface area (Å²) in [5.74, 6) is 0.496. The Hall–Kier alpha value is -3.41. The van der Waals surface area contributed by atoms with Crippen molar-refractivity contribution in [1.82, 2.24) is 9.88 Å². The second kappa shape index (κ2) is 8.73. The molecule has 0 bridgehead atoms. The summed E-state index contributed by atoms with van der Waals surface area (Å²) in [5.41, 5.74) is 11.8. The minimum atomic E-state index is -0.0997. The number of allylic oxidation sites excluding steroid dienone is 1. The maximum absolute atomic E-state index is 12.4. The molecule has 0 aliphatic carbocycles. The molecule has 6 heteroatoms. The van der Waals surface area contributed by atoms with Crippen molar-refractivity contribution in [3.05, 3.63) is 64.9 Å². The molecule has 2 aromatic rings. The summed E-state index contributed by atoms with van der Waals surface area (Å²) in [4.78, 5) is 29.7. The number of nitrogens with zero attached hydrogens (tertiary/aromatic N) is 2. The van der Waals surface area contributed by atoms with E-state index in [1.54, 1.807) is 24.2 Å². The molecule has 0 spiro atoms. The van der Waals surface area contributed by atoms with E-state index < -0.39 is 0 Å². The molecule has 0 saturated heterocycles. The number of hydrogen-bond acceptors (Lipinski definition) is 4. The number of nitrogens with one attached hydrogen (secondary N) is 1. The number of nitrogen functional groups attached to an aromatic ring is 1. The maximum Gasteiger partial charge on any atom is 0.246 e. The molecule has 0 radical (unpaired) electrons. The minimum Gasteiger partial charge on any atom is -0.398 e. The molecule has 2 heterocycles. The van der Waals surface area contributed by atoms with Gasteiger partial charge in [-0.1, -0.05) is 24.3 Å². The zero-order valence-electron chi connectivity index (χ0n) is 17.0. The van der Waals surface area contributed by atoms with E-state index >= 15 is 0 Å². The van der Waals surface area contributed by atoms with Gasteiger partial charge in [0.1, 0.15) is 5.82 Å². The summed E-state index contributed by atoms with van der Waals surface area (Å²) in [6.07, 6.45) is 8.06. The number of amides is 2. The number of rotatable bonds is 5. The Morgan fingerprint density at radius 3 is 2.93 bits per heavy atom. The van der Waals surface area contributed by atoms with Crippen LogP contribution in [0.25, 0.3) is 11.6 Å². The summed E-state index contributed by atoms with van der Waals surface area (Å²) in [6, 6.07) is 7.90. The molecule has 3 rings (SSSR count). The van der Waals surface area contributed by atoms with Crippen molar-refractivity contribution in [2.24, 2.45) is 0 Å². The van der Waals surface area contributed by atoms with Crippen molar-refractivity contribution >= 4 is 35.0 Å². The standard InChI is InChI=1S/C23H26N4O2/c1-15(19-6-4-5-16(2)22(19)24)11-12-27(3)21(29)10-7-17-13-18-8-9-20(28)26-23(18)25-14-17/h4-7,10-11,13-14H,8-9,12,24H2,1-3H3,(H,25,26,28)/b10-7+,15-11+. The smallest absolute Gasteiger partial charge is 0.246 e. The topological polar surface area (TPSA) is 88.3 Å². The van der Waals surface area contributed by atoms with Gasteiger partial charge in [0.25, 0.3) is 0 Å². The van der Waals surface area contributed by atoms with Crippen LogP contribution < -0.4 is 11.1 Å². The van der Waals surface area contributed by atoms with Crippen molar-refractivity contribution in [3.8, 4) is 0 Å². The zero-order valence-corrected chi connectivity index (χ0v) is 17.0. The molecule has 29 heavy (non-hydrogen) atoms. The SMILES string of the molecule is C/C(=C\CN(C)C(=O)/C=C/c1cnc2c(c1)CCC(=O)N2)c1cccc(C)c1N. The number of aromatic nitrogens is 1. The lowest BCUT2D eigenvalue weighted by Gasteiger charge is -2.16. The summed E-state index contributed by atoms with van der Waals surface area (Å²) in [5, 5.41) is 2.75. The van der Waals surface area contributed by atoms with Crippen LogP contribution in [-0.4, -0.2) is 35.3 Å². The zero-order chi connectivity index (χ0) is 21.0. The van der Waals surface area contributed by atoms with Crippen LogP contribution in [0.5, 0.6) is 0 Å². The lowest BCUT2D eigenvalue weighted by molar-refractivity contribution is -0.124. The Labute approximate surface area is 171 Å². The third kappa shape index (κ3) is 4.90. The quantitative estimate of drug-likeness (QED) is 0.605. The first-order chi connectivity index (χ1) is 13.8. The van der Waals surface area contributed by atoms with Crippen molar-refractivity contribution in [2.75, 3.05) is 24.6 Å². The van der Waals surface area contributed by atoms with Gasteiger partial charge in [-0.05, 0) is 54.7 Å². The Balaban J connectivity index is 1.63. The number of pyridine rings is 1. The van der Waals surface area contributed by atoms with Crippen molar-refractivity contribution in [3.63, 3.8) is 0 Å². The molecular weight excluding hydrogens is 364 g/mol. The third-order valence-corrected chi connectivity index (χ3v) is 5.08. The molecule has 0 atom stereocenters. The Morgan fingerprint density at radius 2 is 2.14 bits per heavy atom. The van der Waals surface area contributed by atoms with E-state index in [1.807, 2.05) is 44.2 Å². The van der Waals surface area contributed by atoms with Gasteiger partial charge in [0.2, 0.25) is 11.8 Å². The lowest BCUT2D eigenvalue weighted by Crippen LogP contribution is -2.24.